The number of nitrogen functional groups attached to an aromatic ring is 1. The van der Waals surface area contributed by atoms with Gasteiger partial charge in [0.25, 0.3) is 5.69 Å². The first-order valence-corrected chi connectivity index (χ1v) is 4.93. The molecule has 0 aromatic heterocycles. The van der Waals surface area contributed by atoms with Gasteiger partial charge in [0.05, 0.1) is 4.92 Å². The van der Waals surface area contributed by atoms with Crippen LogP contribution in [0.15, 0.2) is 48.5 Å². The predicted octanol–water partition coefficient (Wildman–Crippen LogP) is 3.39. The molecule has 94 valence electrons. The van der Waals surface area contributed by atoms with Crippen molar-refractivity contribution in [2.75, 3.05) is 5.73 Å². The molecule has 2 N–H and O–H groups in total. The normalized spacial score (nSPS) is 9.33. The van der Waals surface area contributed by atoms with Crippen LogP contribution in [0, 0.1) is 10.1 Å². The molecule has 0 bridgehead atoms. The number of non-ortho nitro benzene ring substituents is 1. The van der Waals surface area contributed by atoms with E-state index in [2.05, 4.69) is 0 Å². The highest BCUT2D eigenvalue weighted by Crippen LogP contribution is 2.24. The van der Waals surface area contributed by atoms with Gasteiger partial charge in [-0.1, -0.05) is 6.07 Å². The molecule has 0 fully saturated rings. The van der Waals surface area contributed by atoms with E-state index in [9.17, 15) is 10.1 Å². The van der Waals surface area contributed by atoms with Crippen LogP contribution < -0.4 is 10.5 Å². The van der Waals surface area contributed by atoms with Crippen LogP contribution in [0.25, 0.3) is 0 Å². The molecule has 0 unspecified atom stereocenters. The molecular weight excluding hydrogens is 256 g/mol. The van der Waals surface area contributed by atoms with Gasteiger partial charge in [-0.3, -0.25) is 10.1 Å². The van der Waals surface area contributed by atoms with Crippen molar-refractivity contribution < 1.29 is 9.66 Å². The molecule has 2 aromatic carbocycles. The van der Waals surface area contributed by atoms with Crippen molar-refractivity contribution in [3.8, 4) is 11.5 Å². The number of nitro benzene ring substituents is 1. The Bertz CT molecular complexity index is 543. The van der Waals surface area contributed by atoms with E-state index in [1.165, 1.54) is 12.1 Å². The number of nitrogens with two attached hydrogens (primary N) is 1. The summed E-state index contributed by atoms with van der Waals surface area (Å²) >= 11 is 0. The highest BCUT2D eigenvalue weighted by Gasteiger charge is 2.04. The smallest absolute Gasteiger partial charge is 0.269 e. The zero-order chi connectivity index (χ0) is 12.3. The molecular formula is C12H11ClN2O3. The third-order valence-corrected chi connectivity index (χ3v) is 2.14. The molecule has 0 saturated heterocycles. The Morgan fingerprint density at radius 1 is 1.06 bits per heavy atom. The molecule has 0 spiro atoms. The topological polar surface area (TPSA) is 78.4 Å². The zero-order valence-electron chi connectivity index (χ0n) is 9.28. The number of halogens is 1. The van der Waals surface area contributed by atoms with Crippen molar-refractivity contribution in [2.45, 2.75) is 0 Å². The van der Waals surface area contributed by atoms with E-state index < -0.39 is 4.92 Å². The van der Waals surface area contributed by atoms with E-state index in [1.807, 2.05) is 0 Å². The molecule has 0 saturated carbocycles. The minimum absolute atomic E-state index is 0. The average molecular weight is 267 g/mol. The van der Waals surface area contributed by atoms with Gasteiger partial charge in [-0.15, -0.1) is 12.4 Å². The van der Waals surface area contributed by atoms with E-state index in [1.54, 1.807) is 36.4 Å². The molecule has 0 heterocycles. The second kappa shape index (κ2) is 5.88. The Balaban J connectivity index is 0.00000162. The fraction of sp³-hybridized carbons (Fsp3) is 0. The van der Waals surface area contributed by atoms with Crippen molar-refractivity contribution in [3.05, 3.63) is 58.6 Å². The molecule has 2 aromatic rings. The summed E-state index contributed by atoms with van der Waals surface area (Å²) in [7, 11) is 0. The first-order valence-electron chi connectivity index (χ1n) is 4.93. The first kappa shape index (κ1) is 13.8. The monoisotopic (exact) mass is 266 g/mol. The maximum Gasteiger partial charge on any atom is 0.269 e. The number of nitrogens with zero attached hydrogens (tertiary/aromatic N) is 1. The lowest BCUT2D eigenvalue weighted by molar-refractivity contribution is -0.384. The summed E-state index contributed by atoms with van der Waals surface area (Å²) in [6, 6.07) is 12.8. The maximum atomic E-state index is 10.5. The lowest BCUT2D eigenvalue weighted by Crippen LogP contribution is -1.89. The Labute approximate surface area is 110 Å². The molecule has 0 atom stereocenters. The molecule has 0 aliphatic heterocycles. The Kier molecular flexibility index (Phi) is 4.51. The molecule has 6 heteroatoms. The lowest BCUT2D eigenvalue weighted by Gasteiger charge is -2.05. The van der Waals surface area contributed by atoms with Gasteiger partial charge in [-0.25, -0.2) is 0 Å². The number of rotatable bonds is 3. The first-order chi connectivity index (χ1) is 8.15. The zero-order valence-corrected chi connectivity index (χ0v) is 10.1. The average Bonchev–Trinajstić information content (AvgIpc) is 2.29. The lowest BCUT2D eigenvalue weighted by atomic mass is 10.3. The molecule has 0 radical (unpaired) electrons. The fourth-order valence-electron chi connectivity index (χ4n) is 1.35. The van der Waals surface area contributed by atoms with Crippen LogP contribution in [0.3, 0.4) is 0 Å². The van der Waals surface area contributed by atoms with Gasteiger partial charge in [0.2, 0.25) is 0 Å². The minimum atomic E-state index is -0.454. The SMILES string of the molecule is Cl.Nc1cccc(Oc2ccc([N+](=O)[O-])cc2)c1. The van der Waals surface area contributed by atoms with Gasteiger partial charge in [0, 0.05) is 23.9 Å². The van der Waals surface area contributed by atoms with Gasteiger partial charge in [0.1, 0.15) is 11.5 Å². The summed E-state index contributed by atoms with van der Waals surface area (Å²) < 4.78 is 5.49. The van der Waals surface area contributed by atoms with Gasteiger partial charge < -0.3 is 10.5 Å². The predicted molar refractivity (Wildman–Crippen MR) is 71.3 cm³/mol. The van der Waals surface area contributed by atoms with Gasteiger partial charge in [0.15, 0.2) is 0 Å². The van der Waals surface area contributed by atoms with Gasteiger partial charge >= 0.3 is 0 Å². The third kappa shape index (κ3) is 3.36. The highest BCUT2D eigenvalue weighted by molar-refractivity contribution is 5.85. The number of hydrogen-bond donors (Lipinski definition) is 1. The van der Waals surface area contributed by atoms with E-state index in [-0.39, 0.29) is 18.1 Å². The fourth-order valence-corrected chi connectivity index (χ4v) is 1.35. The van der Waals surface area contributed by atoms with Gasteiger partial charge in [-0.05, 0) is 24.3 Å². The van der Waals surface area contributed by atoms with Crippen LogP contribution in [0.4, 0.5) is 11.4 Å². The quantitative estimate of drug-likeness (QED) is 0.525. The van der Waals surface area contributed by atoms with E-state index >= 15 is 0 Å². The minimum Gasteiger partial charge on any atom is -0.457 e. The van der Waals surface area contributed by atoms with Crippen molar-refractivity contribution in [1.82, 2.24) is 0 Å². The van der Waals surface area contributed by atoms with Crippen molar-refractivity contribution in [1.29, 1.82) is 0 Å². The van der Waals surface area contributed by atoms with Crippen LogP contribution in [0.5, 0.6) is 11.5 Å². The number of nitro groups is 1. The van der Waals surface area contributed by atoms with E-state index in [4.69, 9.17) is 10.5 Å². The molecule has 0 aliphatic rings. The second-order valence-electron chi connectivity index (χ2n) is 3.43. The highest BCUT2D eigenvalue weighted by atomic mass is 35.5. The Hall–Kier alpha value is -2.27. The Morgan fingerprint density at radius 3 is 2.28 bits per heavy atom. The second-order valence-corrected chi connectivity index (χ2v) is 3.43. The summed E-state index contributed by atoms with van der Waals surface area (Å²) in [5.74, 6) is 1.13. The number of anilines is 1. The van der Waals surface area contributed by atoms with Crippen LogP contribution >= 0.6 is 12.4 Å². The van der Waals surface area contributed by atoms with Gasteiger partial charge in [-0.2, -0.15) is 0 Å². The maximum absolute atomic E-state index is 10.5. The van der Waals surface area contributed by atoms with E-state index in [0.717, 1.165) is 0 Å². The van der Waals surface area contributed by atoms with Crippen molar-refractivity contribution in [3.63, 3.8) is 0 Å². The summed E-state index contributed by atoms with van der Waals surface area (Å²) in [5.41, 5.74) is 6.24. The number of hydrogen-bond acceptors (Lipinski definition) is 4. The largest absolute Gasteiger partial charge is 0.457 e. The number of ether oxygens (including phenoxy) is 1. The number of benzene rings is 2. The molecule has 5 nitrogen and oxygen atoms in total. The van der Waals surface area contributed by atoms with Crippen LogP contribution in [0.1, 0.15) is 0 Å². The van der Waals surface area contributed by atoms with Crippen LogP contribution in [-0.2, 0) is 0 Å². The molecule has 0 aliphatic carbocycles. The summed E-state index contributed by atoms with van der Waals surface area (Å²) in [6.07, 6.45) is 0. The van der Waals surface area contributed by atoms with E-state index in [0.29, 0.717) is 17.2 Å². The summed E-state index contributed by atoms with van der Waals surface area (Å²) in [5, 5.41) is 10.5. The third-order valence-electron chi connectivity index (χ3n) is 2.14. The summed E-state index contributed by atoms with van der Waals surface area (Å²) in [6.45, 7) is 0. The molecule has 0 amide bonds. The van der Waals surface area contributed by atoms with Crippen molar-refractivity contribution >= 4 is 23.8 Å². The van der Waals surface area contributed by atoms with Crippen molar-refractivity contribution in [2.24, 2.45) is 0 Å². The van der Waals surface area contributed by atoms with Crippen LogP contribution in [0.2, 0.25) is 0 Å². The Morgan fingerprint density at radius 2 is 1.72 bits per heavy atom. The molecule has 18 heavy (non-hydrogen) atoms. The van der Waals surface area contributed by atoms with Crippen LogP contribution in [-0.4, -0.2) is 4.92 Å². The molecule has 2 rings (SSSR count). The standard InChI is InChI=1S/C12H10N2O3.ClH/c13-9-2-1-3-12(8-9)17-11-6-4-10(5-7-11)14(15)16;/h1-8H,13H2;1H. The summed E-state index contributed by atoms with van der Waals surface area (Å²) in [4.78, 5) is 10.0.